The zero-order valence-corrected chi connectivity index (χ0v) is 11.2. The van der Waals surface area contributed by atoms with E-state index in [0.717, 1.165) is 37.7 Å². The molecule has 0 amide bonds. The van der Waals surface area contributed by atoms with Crippen molar-refractivity contribution in [1.82, 2.24) is 0 Å². The Morgan fingerprint density at radius 2 is 1.89 bits per heavy atom. The highest BCUT2D eigenvalue weighted by molar-refractivity contribution is 6.44. The molecule has 0 unspecified atom stereocenters. The van der Waals surface area contributed by atoms with Crippen molar-refractivity contribution in [3.63, 3.8) is 0 Å². The molecule has 1 aliphatic heterocycles. The third-order valence-corrected chi connectivity index (χ3v) is 3.83. The van der Waals surface area contributed by atoms with Gasteiger partial charge in [0.05, 0.1) is 15.7 Å². The maximum Gasteiger partial charge on any atom is 0.328 e. The summed E-state index contributed by atoms with van der Waals surface area (Å²) in [7, 11) is 0. The van der Waals surface area contributed by atoms with Crippen LogP contribution in [-0.2, 0) is 4.79 Å². The van der Waals surface area contributed by atoms with Crippen LogP contribution in [-0.4, -0.2) is 24.2 Å². The molecule has 18 heavy (non-hydrogen) atoms. The summed E-state index contributed by atoms with van der Waals surface area (Å²) >= 11 is 12.4. The van der Waals surface area contributed by atoms with Crippen LogP contribution in [0.4, 0.5) is 5.69 Å². The molecule has 1 aromatic rings. The Kier molecular flexibility index (Phi) is 4.15. The van der Waals surface area contributed by atoms with Gasteiger partial charge in [0.25, 0.3) is 0 Å². The van der Waals surface area contributed by atoms with Crippen molar-refractivity contribution in [2.75, 3.05) is 18.0 Å². The van der Waals surface area contributed by atoms with Crippen LogP contribution in [0.15, 0.2) is 18.2 Å². The Balaban J connectivity index is 2.31. The summed E-state index contributed by atoms with van der Waals surface area (Å²) in [5, 5.41) is 9.48. The van der Waals surface area contributed by atoms with Gasteiger partial charge in [0, 0.05) is 19.2 Å². The quantitative estimate of drug-likeness (QED) is 0.861. The Bertz CT molecular complexity index is 494. The van der Waals surface area contributed by atoms with Crippen LogP contribution in [0, 0.1) is 0 Å². The van der Waals surface area contributed by atoms with Crippen molar-refractivity contribution in [1.29, 1.82) is 0 Å². The molecule has 1 aromatic carbocycles. The lowest BCUT2D eigenvalue weighted by Crippen LogP contribution is -2.18. The van der Waals surface area contributed by atoms with Crippen molar-refractivity contribution in [3.8, 4) is 0 Å². The lowest BCUT2D eigenvalue weighted by Gasteiger charge is -2.20. The summed E-state index contributed by atoms with van der Waals surface area (Å²) < 4.78 is 0. The van der Waals surface area contributed by atoms with Gasteiger partial charge in [0.1, 0.15) is 0 Å². The van der Waals surface area contributed by atoms with Crippen LogP contribution in [0.5, 0.6) is 0 Å². The Morgan fingerprint density at radius 3 is 2.50 bits per heavy atom. The SMILES string of the molecule is O=C(O)C=Cc1ccc(N2CCCC2)c(Cl)c1Cl. The summed E-state index contributed by atoms with van der Waals surface area (Å²) in [6.07, 6.45) is 4.82. The first-order chi connectivity index (χ1) is 8.59. The third-order valence-electron chi connectivity index (χ3n) is 2.94. The average molecular weight is 286 g/mol. The van der Waals surface area contributed by atoms with Crippen molar-refractivity contribution in [2.24, 2.45) is 0 Å². The number of rotatable bonds is 3. The average Bonchev–Trinajstić information content (AvgIpc) is 2.84. The molecule has 96 valence electrons. The van der Waals surface area contributed by atoms with Gasteiger partial charge >= 0.3 is 5.97 Å². The second-order valence-electron chi connectivity index (χ2n) is 4.17. The van der Waals surface area contributed by atoms with E-state index < -0.39 is 5.97 Å². The molecule has 1 saturated heterocycles. The highest BCUT2D eigenvalue weighted by atomic mass is 35.5. The lowest BCUT2D eigenvalue weighted by atomic mass is 10.1. The number of benzene rings is 1. The number of aliphatic carboxylic acids is 1. The van der Waals surface area contributed by atoms with E-state index >= 15 is 0 Å². The van der Waals surface area contributed by atoms with Crippen LogP contribution in [0.2, 0.25) is 10.0 Å². The van der Waals surface area contributed by atoms with E-state index in [4.69, 9.17) is 28.3 Å². The molecule has 0 saturated carbocycles. The summed E-state index contributed by atoms with van der Waals surface area (Å²) in [4.78, 5) is 12.7. The molecule has 1 heterocycles. The largest absolute Gasteiger partial charge is 0.478 e. The standard InChI is InChI=1S/C13H13Cl2NO2/c14-12-9(4-6-11(17)18)3-5-10(13(12)15)16-7-1-2-8-16/h3-6H,1-2,7-8H2,(H,17,18). The normalized spacial score (nSPS) is 15.6. The molecule has 5 heteroatoms. The predicted octanol–water partition coefficient (Wildman–Crippen LogP) is 3.69. The number of anilines is 1. The minimum absolute atomic E-state index is 0.401. The fourth-order valence-corrected chi connectivity index (χ4v) is 2.56. The van der Waals surface area contributed by atoms with Gasteiger partial charge < -0.3 is 10.0 Å². The van der Waals surface area contributed by atoms with Crippen molar-refractivity contribution in [3.05, 3.63) is 33.8 Å². The first-order valence-corrected chi connectivity index (χ1v) is 6.49. The minimum Gasteiger partial charge on any atom is -0.478 e. The number of nitrogens with zero attached hydrogens (tertiary/aromatic N) is 1. The van der Waals surface area contributed by atoms with Gasteiger partial charge in [-0.15, -0.1) is 0 Å². The highest BCUT2D eigenvalue weighted by Gasteiger charge is 2.17. The number of hydrogen-bond acceptors (Lipinski definition) is 2. The molecule has 2 rings (SSSR count). The van der Waals surface area contributed by atoms with Gasteiger partial charge in [-0.05, 0) is 30.5 Å². The number of carboxylic acids is 1. The Morgan fingerprint density at radius 1 is 1.22 bits per heavy atom. The minimum atomic E-state index is -1.01. The molecule has 3 nitrogen and oxygen atoms in total. The van der Waals surface area contributed by atoms with E-state index in [1.54, 1.807) is 6.07 Å². The number of carboxylic acid groups (broad SMARTS) is 1. The molecule has 1 N–H and O–H groups in total. The summed E-state index contributed by atoms with van der Waals surface area (Å²) in [6.45, 7) is 1.97. The number of carbonyl (C=O) groups is 1. The molecule has 1 fully saturated rings. The topological polar surface area (TPSA) is 40.5 Å². The molecule has 0 bridgehead atoms. The highest BCUT2D eigenvalue weighted by Crippen LogP contribution is 2.37. The van der Waals surface area contributed by atoms with E-state index in [0.29, 0.717) is 15.6 Å². The van der Waals surface area contributed by atoms with Gasteiger partial charge in [0.15, 0.2) is 0 Å². The van der Waals surface area contributed by atoms with Gasteiger partial charge in [0.2, 0.25) is 0 Å². The van der Waals surface area contributed by atoms with Gasteiger partial charge in [-0.3, -0.25) is 0 Å². The maximum atomic E-state index is 10.5. The predicted molar refractivity (Wildman–Crippen MR) is 74.6 cm³/mol. The maximum absolute atomic E-state index is 10.5. The number of hydrogen-bond donors (Lipinski definition) is 1. The first kappa shape index (κ1) is 13.2. The summed E-state index contributed by atoms with van der Waals surface area (Å²) in [5.74, 6) is -1.01. The molecule has 1 aliphatic rings. The van der Waals surface area contributed by atoms with Crippen LogP contribution >= 0.6 is 23.2 Å². The van der Waals surface area contributed by atoms with Crippen LogP contribution in [0.3, 0.4) is 0 Å². The third kappa shape index (κ3) is 2.79. The van der Waals surface area contributed by atoms with Gasteiger partial charge in [-0.2, -0.15) is 0 Å². The zero-order valence-electron chi connectivity index (χ0n) is 9.70. The fraction of sp³-hybridized carbons (Fsp3) is 0.308. The van der Waals surface area contributed by atoms with Crippen LogP contribution in [0.25, 0.3) is 6.08 Å². The summed E-state index contributed by atoms with van der Waals surface area (Å²) in [5.41, 5.74) is 1.54. The Hall–Kier alpha value is -1.19. The second-order valence-corrected chi connectivity index (χ2v) is 4.92. The molecule has 0 spiro atoms. The van der Waals surface area contributed by atoms with Crippen LogP contribution in [0.1, 0.15) is 18.4 Å². The first-order valence-electron chi connectivity index (χ1n) is 5.73. The molecule has 0 aromatic heterocycles. The van der Waals surface area contributed by atoms with Crippen molar-refractivity contribution >= 4 is 40.9 Å². The van der Waals surface area contributed by atoms with E-state index in [1.165, 1.54) is 6.08 Å². The van der Waals surface area contributed by atoms with E-state index in [9.17, 15) is 4.79 Å². The molecular weight excluding hydrogens is 273 g/mol. The molecule has 0 radical (unpaired) electrons. The van der Waals surface area contributed by atoms with E-state index in [1.807, 2.05) is 6.07 Å². The molecule has 0 atom stereocenters. The van der Waals surface area contributed by atoms with Crippen molar-refractivity contribution in [2.45, 2.75) is 12.8 Å². The smallest absolute Gasteiger partial charge is 0.328 e. The van der Waals surface area contributed by atoms with Gasteiger partial charge in [-0.25, -0.2) is 4.79 Å². The molecule has 0 aliphatic carbocycles. The van der Waals surface area contributed by atoms with Gasteiger partial charge in [-0.1, -0.05) is 29.3 Å². The van der Waals surface area contributed by atoms with E-state index in [2.05, 4.69) is 4.90 Å². The second kappa shape index (κ2) is 5.63. The van der Waals surface area contributed by atoms with Crippen LogP contribution < -0.4 is 4.90 Å². The van der Waals surface area contributed by atoms with Crippen molar-refractivity contribution < 1.29 is 9.90 Å². The monoisotopic (exact) mass is 285 g/mol. The lowest BCUT2D eigenvalue weighted by molar-refractivity contribution is -0.131. The van der Waals surface area contributed by atoms with E-state index in [-0.39, 0.29) is 0 Å². The number of halogens is 2. The zero-order chi connectivity index (χ0) is 13.1. The molecular formula is C13H13Cl2NO2. The fourth-order valence-electron chi connectivity index (χ4n) is 2.05. The Labute approximate surface area is 116 Å². The summed E-state index contributed by atoms with van der Waals surface area (Å²) in [6, 6.07) is 3.68.